The summed E-state index contributed by atoms with van der Waals surface area (Å²) in [7, 11) is -1.14. The first kappa shape index (κ1) is 26.0. The van der Waals surface area contributed by atoms with Crippen molar-refractivity contribution in [2.75, 3.05) is 6.61 Å². The molecule has 1 amide bonds. The monoisotopic (exact) mass is 507 g/mol. The molecule has 0 aliphatic heterocycles. The molecule has 3 aromatic rings. The predicted octanol–water partition coefficient (Wildman–Crippen LogP) is 6.13. The van der Waals surface area contributed by atoms with Crippen LogP contribution < -0.4 is 10.1 Å². The second kappa shape index (κ2) is 12.3. The van der Waals surface area contributed by atoms with E-state index >= 15 is 0 Å². The second-order valence-electron chi connectivity index (χ2n) is 10.7. The molecule has 0 bridgehead atoms. The molecule has 0 spiro atoms. The van der Waals surface area contributed by atoms with E-state index in [9.17, 15) is 4.79 Å². The maximum atomic E-state index is 12.5. The van der Waals surface area contributed by atoms with Crippen LogP contribution >= 0.6 is 0 Å². The average molecular weight is 508 g/mol. The summed E-state index contributed by atoms with van der Waals surface area (Å²) in [5.41, 5.74) is 2.65. The molecule has 0 unspecified atom stereocenters. The van der Waals surface area contributed by atoms with Crippen LogP contribution in [-0.2, 0) is 11.5 Å². The normalized spacial score (nSPS) is 14.9. The van der Waals surface area contributed by atoms with Crippen molar-refractivity contribution in [2.45, 2.75) is 77.0 Å². The van der Waals surface area contributed by atoms with Gasteiger partial charge in [0.1, 0.15) is 18.8 Å². The van der Waals surface area contributed by atoms with Gasteiger partial charge in [0.05, 0.1) is 0 Å². The highest BCUT2D eigenvalue weighted by Gasteiger charge is 2.17. The van der Waals surface area contributed by atoms with Crippen molar-refractivity contribution < 1.29 is 14.3 Å². The van der Waals surface area contributed by atoms with E-state index in [-0.39, 0.29) is 6.04 Å². The first-order chi connectivity index (χ1) is 17.4. The van der Waals surface area contributed by atoms with Gasteiger partial charge in [0, 0.05) is 44.2 Å². The largest absolute Gasteiger partial charge is 0.412 e. The fourth-order valence-electron chi connectivity index (χ4n) is 4.30. The molecule has 192 valence electrons. The lowest BCUT2D eigenvalue weighted by atomic mass is 10.1. The molecule has 1 aliphatic carbocycles. The molecule has 8 nitrogen and oxygen atoms in total. The topological polar surface area (TPSA) is 91.2 Å². The van der Waals surface area contributed by atoms with Crippen LogP contribution in [0.1, 0.15) is 38.5 Å². The Morgan fingerprint density at radius 2 is 1.83 bits per heavy atom. The lowest BCUT2D eigenvalue weighted by Crippen LogP contribution is -2.36. The SMILES string of the molecule is C[Si](C)(C)CCOCn1cnnc1-c1cncc(-c2cccc(OC(=O)NC3CCCCCC3)c2)c1. The number of nitrogens with one attached hydrogen (secondary N) is 1. The van der Waals surface area contributed by atoms with Gasteiger partial charge in [-0.3, -0.25) is 9.55 Å². The predicted molar refractivity (Wildman–Crippen MR) is 143 cm³/mol. The van der Waals surface area contributed by atoms with Crippen LogP contribution in [-0.4, -0.2) is 46.6 Å². The van der Waals surface area contributed by atoms with Gasteiger partial charge < -0.3 is 14.8 Å². The Bertz CT molecular complexity index is 1140. The molecular weight excluding hydrogens is 470 g/mol. The lowest BCUT2D eigenvalue weighted by molar-refractivity contribution is 0.0880. The van der Waals surface area contributed by atoms with E-state index in [4.69, 9.17) is 9.47 Å². The lowest BCUT2D eigenvalue weighted by Gasteiger charge is -2.16. The summed E-state index contributed by atoms with van der Waals surface area (Å²) in [5, 5.41) is 11.4. The van der Waals surface area contributed by atoms with E-state index in [1.165, 1.54) is 12.8 Å². The Balaban J connectivity index is 1.41. The van der Waals surface area contributed by atoms with Gasteiger partial charge in [0.25, 0.3) is 0 Å². The zero-order chi connectivity index (χ0) is 25.4. The molecule has 2 heterocycles. The zero-order valence-corrected chi connectivity index (χ0v) is 22.6. The minimum atomic E-state index is -1.14. The number of ether oxygens (including phenoxy) is 2. The number of hydrogen-bond acceptors (Lipinski definition) is 6. The number of nitrogens with zero attached hydrogens (tertiary/aromatic N) is 4. The van der Waals surface area contributed by atoms with Gasteiger partial charge in [-0.1, -0.05) is 57.5 Å². The fraction of sp³-hybridized carbons (Fsp3) is 0.481. The van der Waals surface area contributed by atoms with Crippen molar-refractivity contribution in [1.29, 1.82) is 0 Å². The Kier molecular flexibility index (Phi) is 8.87. The van der Waals surface area contributed by atoms with E-state index in [1.807, 2.05) is 28.8 Å². The molecule has 1 aliphatic rings. The van der Waals surface area contributed by atoms with E-state index in [1.54, 1.807) is 24.8 Å². The minimum absolute atomic E-state index is 0.195. The molecule has 0 saturated heterocycles. The van der Waals surface area contributed by atoms with Crippen molar-refractivity contribution in [3.05, 3.63) is 49.1 Å². The average Bonchev–Trinajstić information content (AvgIpc) is 3.17. The number of benzene rings is 1. The summed E-state index contributed by atoms with van der Waals surface area (Å²) >= 11 is 0. The molecule has 2 aromatic heterocycles. The molecule has 1 N–H and O–H groups in total. The van der Waals surface area contributed by atoms with Crippen LogP contribution in [0.25, 0.3) is 22.5 Å². The van der Waals surface area contributed by atoms with Gasteiger partial charge in [0.15, 0.2) is 5.82 Å². The zero-order valence-electron chi connectivity index (χ0n) is 21.6. The molecular formula is C27H37N5O3Si. The number of hydrogen-bond donors (Lipinski definition) is 1. The van der Waals surface area contributed by atoms with Crippen LogP contribution in [0.5, 0.6) is 5.75 Å². The van der Waals surface area contributed by atoms with E-state index in [0.29, 0.717) is 18.3 Å². The Morgan fingerprint density at radius 3 is 2.61 bits per heavy atom. The van der Waals surface area contributed by atoms with E-state index in [2.05, 4.69) is 40.1 Å². The maximum absolute atomic E-state index is 12.5. The second-order valence-corrected chi connectivity index (χ2v) is 16.3. The van der Waals surface area contributed by atoms with Crippen molar-refractivity contribution in [2.24, 2.45) is 0 Å². The summed E-state index contributed by atoms with van der Waals surface area (Å²) in [6, 6.07) is 10.8. The molecule has 0 radical (unpaired) electrons. The highest BCUT2D eigenvalue weighted by Crippen LogP contribution is 2.27. The Morgan fingerprint density at radius 1 is 1.06 bits per heavy atom. The third kappa shape index (κ3) is 7.73. The van der Waals surface area contributed by atoms with Crippen LogP contribution in [0.3, 0.4) is 0 Å². The molecule has 0 atom stereocenters. The highest BCUT2D eigenvalue weighted by atomic mass is 28.3. The van der Waals surface area contributed by atoms with Gasteiger partial charge >= 0.3 is 6.09 Å². The first-order valence-electron chi connectivity index (χ1n) is 12.9. The van der Waals surface area contributed by atoms with Crippen LogP contribution in [0, 0.1) is 0 Å². The molecule has 36 heavy (non-hydrogen) atoms. The van der Waals surface area contributed by atoms with E-state index < -0.39 is 14.2 Å². The molecule has 4 rings (SSSR count). The summed E-state index contributed by atoms with van der Waals surface area (Å²) in [6.45, 7) is 8.13. The minimum Gasteiger partial charge on any atom is -0.410 e. The number of amides is 1. The Labute approximate surface area is 214 Å². The standard InChI is InChI=1S/C27H37N5O3Si/c1-36(2,3)14-13-34-20-32-19-29-31-26(32)23-15-22(17-28-18-23)21-9-8-12-25(16-21)35-27(33)30-24-10-6-4-5-7-11-24/h8-9,12,15-19,24H,4-7,10-11,13-14,20H2,1-3H3,(H,30,33). The summed E-state index contributed by atoms with van der Waals surface area (Å²) in [5.74, 6) is 1.20. The number of pyridine rings is 1. The smallest absolute Gasteiger partial charge is 0.410 e. The van der Waals surface area contributed by atoms with Gasteiger partial charge in [-0.05, 0) is 42.6 Å². The van der Waals surface area contributed by atoms with Crippen LogP contribution in [0.2, 0.25) is 25.7 Å². The molecule has 1 saturated carbocycles. The van der Waals surface area contributed by atoms with Gasteiger partial charge in [-0.15, -0.1) is 10.2 Å². The fourth-order valence-corrected chi connectivity index (χ4v) is 5.06. The van der Waals surface area contributed by atoms with Gasteiger partial charge in [-0.25, -0.2) is 4.79 Å². The quantitative estimate of drug-likeness (QED) is 0.213. The van der Waals surface area contributed by atoms with Crippen molar-refractivity contribution in [1.82, 2.24) is 25.1 Å². The maximum Gasteiger partial charge on any atom is 0.412 e. The van der Waals surface area contributed by atoms with Gasteiger partial charge in [-0.2, -0.15) is 0 Å². The molecule has 9 heteroatoms. The number of carbonyl (C=O) groups excluding carboxylic acids is 1. The van der Waals surface area contributed by atoms with Crippen LogP contribution in [0.15, 0.2) is 49.1 Å². The van der Waals surface area contributed by atoms with Crippen molar-refractivity contribution in [3.8, 4) is 28.3 Å². The van der Waals surface area contributed by atoms with Crippen molar-refractivity contribution in [3.63, 3.8) is 0 Å². The summed E-state index contributed by atoms with van der Waals surface area (Å²) in [6.07, 6.45) is 11.7. The van der Waals surface area contributed by atoms with Crippen molar-refractivity contribution >= 4 is 14.2 Å². The highest BCUT2D eigenvalue weighted by molar-refractivity contribution is 6.76. The van der Waals surface area contributed by atoms with Gasteiger partial charge in [0.2, 0.25) is 0 Å². The Hall–Kier alpha value is -3.04. The summed E-state index contributed by atoms with van der Waals surface area (Å²) in [4.78, 5) is 16.9. The summed E-state index contributed by atoms with van der Waals surface area (Å²) < 4.78 is 13.4. The molecule has 1 fully saturated rings. The van der Waals surface area contributed by atoms with E-state index in [0.717, 1.165) is 55.0 Å². The first-order valence-corrected chi connectivity index (χ1v) is 16.6. The molecule has 1 aromatic carbocycles. The number of aromatic nitrogens is 4. The van der Waals surface area contributed by atoms with Crippen LogP contribution in [0.4, 0.5) is 4.79 Å². The third-order valence-electron chi connectivity index (χ3n) is 6.39. The third-order valence-corrected chi connectivity index (χ3v) is 8.10. The number of rotatable bonds is 9. The number of carbonyl (C=O) groups is 1.